The molecule has 0 aliphatic heterocycles. The summed E-state index contributed by atoms with van der Waals surface area (Å²) in [6, 6.07) is 0. The third-order valence-corrected chi connectivity index (χ3v) is 4.31. The largest absolute Gasteiger partial charge is 0.158 e. The van der Waals surface area contributed by atoms with Crippen molar-refractivity contribution in [3.63, 3.8) is 0 Å². The fraction of sp³-hybridized carbons (Fsp3) is 0.800. The Morgan fingerprint density at radius 1 is 1.64 bits per heavy atom. The minimum atomic E-state index is 0.980. The van der Waals surface area contributed by atoms with Crippen LogP contribution >= 0.6 is 11.8 Å². The summed E-state index contributed by atoms with van der Waals surface area (Å²) in [6.07, 6.45) is 5.24. The highest BCUT2D eigenvalue weighted by Crippen LogP contribution is 2.56. The van der Waals surface area contributed by atoms with Gasteiger partial charge in [0.25, 0.3) is 0 Å². The summed E-state index contributed by atoms with van der Waals surface area (Å²) in [4.78, 5) is 0. The number of fused-ring (bicyclic) bond motifs is 1. The lowest BCUT2D eigenvalue weighted by molar-refractivity contribution is 0.661. The van der Waals surface area contributed by atoms with Crippen molar-refractivity contribution in [3.8, 4) is 0 Å². The number of thioether (sulfide) groups is 1. The Hall–Kier alpha value is 0.0900. The van der Waals surface area contributed by atoms with E-state index in [1.165, 1.54) is 18.6 Å². The van der Waals surface area contributed by atoms with Crippen LogP contribution < -0.4 is 0 Å². The molecule has 0 bridgehead atoms. The van der Waals surface area contributed by atoms with Crippen molar-refractivity contribution in [2.45, 2.75) is 31.9 Å². The third-order valence-electron chi connectivity index (χ3n) is 2.95. The van der Waals surface area contributed by atoms with E-state index in [1.54, 1.807) is 5.57 Å². The van der Waals surface area contributed by atoms with Crippen molar-refractivity contribution in [1.82, 2.24) is 0 Å². The van der Waals surface area contributed by atoms with Gasteiger partial charge in [0.2, 0.25) is 0 Å². The molecule has 1 fully saturated rings. The highest BCUT2D eigenvalue weighted by Gasteiger charge is 2.51. The second-order valence-electron chi connectivity index (χ2n) is 3.64. The van der Waals surface area contributed by atoms with E-state index in [0.717, 1.165) is 17.1 Å². The van der Waals surface area contributed by atoms with Crippen molar-refractivity contribution < 1.29 is 0 Å². The molecule has 0 aromatic carbocycles. The predicted octanol–water partition coefficient (Wildman–Crippen LogP) is 3.09. The SMILES string of the molecule is CCSC1C2CCC=C(C)C21. The number of hydrogen-bond donors (Lipinski definition) is 0. The Labute approximate surface area is 73.4 Å². The summed E-state index contributed by atoms with van der Waals surface area (Å²) in [5.41, 5.74) is 1.67. The Bertz CT molecular complexity index is 183. The molecule has 11 heavy (non-hydrogen) atoms. The highest BCUT2D eigenvalue weighted by molar-refractivity contribution is 8.00. The number of allylic oxidation sites excluding steroid dienone is 2. The van der Waals surface area contributed by atoms with Crippen LogP contribution in [0.15, 0.2) is 11.6 Å². The predicted molar refractivity (Wildman–Crippen MR) is 51.9 cm³/mol. The monoisotopic (exact) mass is 168 g/mol. The van der Waals surface area contributed by atoms with Gasteiger partial charge in [0.1, 0.15) is 0 Å². The molecule has 0 N–H and O–H groups in total. The average molecular weight is 168 g/mol. The molecular weight excluding hydrogens is 152 g/mol. The van der Waals surface area contributed by atoms with Crippen LogP contribution in [0.1, 0.15) is 26.7 Å². The Balaban J connectivity index is 1.98. The second-order valence-corrected chi connectivity index (χ2v) is 5.09. The van der Waals surface area contributed by atoms with Crippen molar-refractivity contribution in [2.24, 2.45) is 11.8 Å². The molecule has 0 radical (unpaired) electrons. The molecule has 0 aromatic rings. The van der Waals surface area contributed by atoms with E-state index in [2.05, 4.69) is 31.7 Å². The van der Waals surface area contributed by atoms with Crippen molar-refractivity contribution in [1.29, 1.82) is 0 Å². The Morgan fingerprint density at radius 2 is 2.45 bits per heavy atom. The van der Waals surface area contributed by atoms with Crippen LogP contribution in [-0.4, -0.2) is 11.0 Å². The maximum absolute atomic E-state index is 2.44. The van der Waals surface area contributed by atoms with Gasteiger partial charge in [-0.05, 0) is 37.4 Å². The number of hydrogen-bond acceptors (Lipinski definition) is 1. The van der Waals surface area contributed by atoms with Crippen molar-refractivity contribution in [3.05, 3.63) is 11.6 Å². The molecule has 1 heteroatoms. The van der Waals surface area contributed by atoms with Gasteiger partial charge in [-0.1, -0.05) is 18.6 Å². The van der Waals surface area contributed by atoms with Crippen molar-refractivity contribution in [2.75, 3.05) is 5.75 Å². The van der Waals surface area contributed by atoms with E-state index in [4.69, 9.17) is 0 Å². The minimum Gasteiger partial charge on any atom is -0.158 e. The Kier molecular flexibility index (Phi) is 2.00. The lowest BCUT2D eigenvalue weighted by atomic mass is 10.0. The zero-order valence-electron chi connectivity index (χ0n) is 7.34. The van der Waals surface area contributed by atoms with Gasteiger partial charge >= 0.3 is 0 Å². The summed E-state index contributed by atoms with van der Waals surface area (Å²) in [5.74, 6) is 3.34. The van der Waals surface area contributed by atoms with Gasteiger partial charge in [-0.25, -0.2) is 0 Å². The topological polar surface area (TPSA) is 0 Å². The molecule has 0 amide bonds. The summed E-state index contributed by atoms with van der Waals surface area (Å²) in [6.45, 7) is 4.58. The van der Waals surface area contributed by atoms with Crippen LogP contribution in [0.5, 0.6) is 0 Å². The quantitative estimate of drug-likeness (QED) is 0.571. The van der Waals surface area contributed by atoms with Crippen molar-refractivity contribution >= 4 is 11.8 Å². The molecule has 1 saturated carbocycles. The van der Waals surface area contributed by atoms with E-state index in [-0.39, 0.29) is 0 Å². The molecule has 0 aromatic heterocycles. The van der Waals surface area contributed by atoms with Crippen LogP contribution in [0.25, 0.3) is 0 Å². The summed E-state index contributed by atoms with van der Waals surface area (Å²) < 4.78 is 0. The molecule has 0 nitrogen and oxygen atoms in total. The molecular formula is C10H16S. The Morgan fingerprint density at radius 3 is 3.09 bits per heavy atom. The maximum atomic E-state index is 2.44. The van der Waals surface area contributed by atoms with Gasteiger partial charge in [0.05, 0.1) is 0 Å². The standard InChI is InChI=1S/C10H16S/c1-3-11-10-8-6-4-5-7(2)9(8)10/h5,8-10H,3-4,6H2,1-2H3. The lowest BCUT2D eigenvalue weighted by Crippen LogP contribution is -1.90. The van der Waals surface area contributed by atoms with E-state index < -0.39 is 0 Å². The minimum absolute atomic E-state index is 0.980. The molecule has 3 unspecified atom stereocenters. The van der Waals surface area contributed by atoms with Crippen LogP contribution in [-0.2, 0) is 0 Å². The smallest absolute Gasteiger partial charge is 0.0150 e. The molecule has 2 aliphatic rings. The highest BCUT2D eigenvalue weighted by atomic mass is 32.2. The first-order chi connectivity index (χ1) is 5.34. The van der Waals surface area contributed by atoms with Gasteiger partial charge < -0.3 is 0 Å². The van der Waals surface area contributed by atoms with Gasteiger partial charge in [-0.2, -0.15) is 11.8 Å². The fourth-order valence-corrected chi connectivity index (χ4v) is 3.81. The maximum Gasteiger partial charge on any atom is 0.0150 e. The first-order valence-electron chi connectivity index (χ1n) is 4.63. The van der Waals surface area contributed by atoms with Gasteiger partial charge in [-0.15, -0.1) is 0 Å². The van der Waals surface area contributed by atoms with E-state index in [0.29, 0.717) is 0 Å². The normalized spacial score (nSPS) is 41.3. The second kappa shape index (κ2) is 2.85. The molecule has 2 aliphatic carbocycles. The first kappa shape index (κ1) is 7.72. The van der Waals surface area contributed by atoms with E-state index >= 15 is 0 Å². The van der Waals surface area contributed by atoms with Gasteiger partial charge in [0.15, 0.2) is 0 Å². The van der Waals surface area contributed by atoms with Crippen LogP contribution in [0.4, 0.5) is 0 Å². The van der Waals surface area contributed by atoms with Crippen LogP contribution in [0.3, 0.4) is 0 Å². The first-order valence-corrected chi connectivity index (χ1v) is 5.67. The van der Waals surface area contributed by atoms with Crippen LogP contribution in [0, 0.1) is 11.8 Å². The summed E-state index contributed by atoms with van der Waals surface area (Å²) >= 11 is 2.17. The number of rotatable bonds is 2. The summed E-state index contributed by atoms with van der Waals surface area (Å²) in [5, 5.41) is 0.999. The zero-order valence-corrected chi connectivity index (χ0v) is 8.16. The molecule has 3 atom stereocenters. The molecule has 2 rings (SSSR count). The van der Waals surface area contributed by atoms with Gasteiger partial charge in [0, 0.05) is 5.25 Å². The molecule has 62 valence electrons. The van der Waals surface area contributed by atoms with Crippen LogP contribution in [0.2, 0.25) is 0 Å². The fourth-order valence-electron chi connectivity index (χ4n) is 2.34. The molecule has 0 spiro atoms. The van der Waals surface area contributed by atoms with E-state index in [9.17, 15) is 0 Å². The molecule has 0 heterocycles. The third kappa shape index (κ3) is 1.24. The molecule has 0 saturated heterocycles. The van der Waals surface area contributed by atoms with Gasteiger partial charge in [-0.3, -0.25) is 0 Å². The van der Waals surface area contributed by atoms with E-state index in [1.807, 2.05) is 0 Å². The summed E-state index contributed by atoms with van der Waals surface area (Å²) in [7, 11) is 0. The lowest BCUT2D eigenvalue weighted by Gasteiger charge is -2.04. The zero-order chi connectivity index (χ0) is 7.84. The average Bonchev–Trinajstić information content (AvgIpc) is 2.66.